The second-order valence-electron chi connectivity index (χ2n) is 6.59. The van der Waals surface area contributed by atoms with Crippen LogP contribution in [0.25, 0.3) is 0 Å². The van der Waals surface area contributed by atoms with E-state index in [0.29, 0.717) is 0 Å². The molecule has 4 saturated carbocycles. The molecule has 0 aliphatic heterocycles. The van der Waals surface area contributed by atoms with Crippen LogP contribution in [0.3, 0.4) is 0 Å². The molecule has 4 atom stereocenters. The molecule has 0 radical (unpaired) electrons. The highest BCUT2D eigenvalue weighted by molar-refractivity contribution is 5.17. The fraction of sp³-hybridized carbons (Fsp3) is 1.00. The maximum Gasteiger partial charge on any atom is -0.0235 e. The van der Waals surface area contributed by atoms with Crippen LogP contribution in [0.1, 0.15) is 57.8 Å². The maximum atomic E-state index is 1.65. The van der Waals surface area contributed by atoms with E-state index in [1.165, 1.54) is 36.5 Å². The molecule has 14 heavy (non-hydrogen) atoms. The molecule has 0 N–H and O–H groups in total. The van der Waals surface area contributed by atoms with Gasteiger partial charge in [0.1, 0.15) is 0 Å². The Morgan fingerprint density at radius 2 is 1.21 bits per heavy atom. The molecular weight excluding hydrogens is 168 g/mol. The SMILES string of the molecule is C1CCCC2(CC1)C1C[C@H]3CC3C[C@@H]12. The van der Waals surface area contributed by atoms with Gasteiger partial charge >= 0.3 is 0 Å². The van der Waals surface area contributed by atoms with Gasteiger partial charge in [-0.25, -0.2) is 0 Å². The molecule has 0 nitrogen and oxygen atoms in total. The molecule has 0 saturated heterocycles. The molecular formula is C14H22. The smallest absolute Gasteiger partial charge is 0.0235 e. The topological polar surface area (TPSA) is 0 Å². The molecule has 0 aromatic heterocycles. The minimum absolute atomic E-state index is 0.921. The first kappa shape index (κ1) is 8.19. The van der Waals surface area contributed by atoms with E-state index < -0.39 is 0 Å². The van der Waals surface area contributed by atoms with Gasteiger partial charge in [-0.15, -0.1) is 0 Å². The van der Waals surface area contributed by atoms with E-state index in [9.17, 15) is 0 Å². The maximum absolute atomic E-state index is 1.65. The first-order valence-electron chi connectivity index (χ1n) is 6.90. The van der Waals surface area contributed by atoms with E-state index in [0.717, 1.165) is 5.41 Å². The second-order valence-corrected chi connectivity index (χ2v) is 6.59. The number of rotatable bonds is 0. The highest BCUT2D eigenvalue weighted by atomic mass is 14.7. The lowest BCUT2D eigenvalue weighted by Crippen LogP contribution is -2.03. The summed E-state index contributed by atoms with van der Waals surface area (Å²) < 4.78 is 0. The zero-order chi connectivity index (χ0) is 9.17. The first-order chi connectivity index (χ1) is 6.90. The van der Waals surface area contributed by atoms with Crippen LogP contribution in [0, 0.1) is 29.1 Å². The van der Waals surface area contributed by atoms with Gasteiger partial charge in [0.2, 0.25) is 0 Å². The Morgan fingerprint density at radius 1 is 0.643 bits per heavy atom. The van der Waals surface area contributed by atoms with Crippen LogP contribution < -0.4 is 0 Å². The minimum Gasteiger partial charge on any atom is -0.0533 e. The number of hydrogen-bond donors (Lipinski definition) is 0. The van der Waals surface area contributed by atoms with E-state index in [2.05, 4.69) is 0 Å². The van der Waals surface area contributed by atoms with Gasteiger partial charge in [0, 0.05) is 0 Å². The average Bonchev–Trinajstić information content (AvgIpc) is 3.08. The Hall–Kier alpha value is 0. The van der Waals surface area contributed by atoms with Crippen molar-refractivity contribution in [1.82, 2.24) is 0 Å². The second kappa shape index (κ2) is 2.57. The summed E-state index contributed by atoms with van der Waals surface area (Å²) in [4.78, 5) is 0. The highest BCUT2D eigenvalue weighted by Crippen LogP contribution is 2.75. The summed E-state index contributed by atoms with van der Waals surface area (Å²) in [5.41, 5.74) is 0.921. The van der Waals surface area contributed by atoms with Crippen LogP contribution in [0.15, 0.2) is 0 Å². The first-order valence-corrected chi connectivity index (χ1v) is 6.90. The Balaban J connectivity index is 1.55. The van der Waals surface area contributed by atoms with Crippen molar-refractivity contribution in [2.75, 3.05) is 0 Å². The van der Waals surface area contributed by atoms with Gasteiger partial charge < -0.3 is 0 Å². The standard InChI is InChI=1S/C14H22/c1-2-4-6-14(5-3-1)12-8-10-7-11(10)9-13(12)14/h10-13H,1-9H2/t10-,11?,12?,13+/m1/s1. The predicted molar refractivity (Wildman–Crippen MR) is 57.9 cm³/mol. The van der Waals surface area contributed by atoms with E-state index >= 15 is 0 Å². The molecule has 0 amide bonds. The summed E-state index contributed by atoms with van der Waals surface area (Å²) in [6.45, 7) is 0. The number of hydrogen-bond acceptors (Lipinski definition) is 0. The van der Waals surface area contributed by atoms with Gasteiger partial charge in [0.15, 0.2) is 0 Å². The van der Waals surface area contributed by atoms with Gasteiger partial charge in [0.25, 0.3) is 0 Å². The van der Waals surface area contributed by atoms with Gasteiger partial charge in [-0.05, 0) is 61.2 Å². The zero-order valence-electron chi connectivity index (χ0n) is 9.17. The Labute approximate surface area is 87.5 Å². The third kappa shape index (κ3) is 0.955. The van der Waals surface area contributed by atoms with Crippen molar-refractivity contribution in [3.05, 3.63) is 0 Å². The van der Waals surface area contributed by atoms with E-state index in [1.807, 2.05) is 0 Å². The van der Waals surface area contributed by atoms with Gasteiger partial charge in [0.05, 0.1) is 0 Å². The Morgan fingerprint density at radius 3 is 1.79 bits per heavy atom. The summed E-state index contributed by atoms with van der Waals surface area (Å²) in [6, 6.07) is 0. The van der Waals surface area contributed by atoms with Crippen LogP contribution in [0.5, 0.6) is 0 Å². The van der Waals surface area contributed by atoms with Gasteiger partial charge in [-0.3, -0.25) is 0 Å². The Kier molecular flexibility index (Phi) is 1.50. The van der Waals surface area contributed by atoms with E-state index in [4.69, 9.17) is 0 Å². The largest absolute Gasteiger partial charge is 0.0533 e. The van der Waals surface area contributed by atoms with Crippen LogP contribution in [0.4, 0.5) is 0 Å². The normalized spacial score (nSPS) is 53.1. The van der Waals surface area contributed by atoms with Crippen molar-refractivity contribution < 1.29 is 0 Å². The third-order valence-electron chi connectivity index (χ3n) is 6.07. The summed E-state index contributed by atoms with van der Waals surface area (Å²) >= 11 is 0. The third-order valence-corrected chi connectivity index (χ3v) is 6.07. The Bertz CT molecular complexity index is 229. The zero-order valence-corrected chi connectivity index (χ0v) is 9.17. The predicted octanol–water partition coefficient (Wildman–Crippen LogP) is 4.00. The summed E-state index contributed by atoms with van der Waals surface area (Å²) in [5.74, 6) is 4.84. The molecule has 4 aliphatic carbocycles. The van der Waals surface area contributed by atoms with Crippen LogP contribution >= 0.6 is 0 Å². The molecule has 0 heteroatoms. The fourth-order valence-electron chi connectivity index (χ4n) is 5.14. The van der Waals surface area contributed by atoms with Crippen molar-refractivity contribution in [3.8, 4) is 0 Å². The van der Waals surface area contributed by atoms with Crippen LogP contribution in [-0.2, 0) is 0 Å². The number of fused-ring (bicyclic) bond motifs is 4. The van der Waals surface area contributed by atoms with Crippen molar-refractivity contribution in [1.29, 1.82) is 0 Å². The highest BCUT2D eigenvalue weighted by Gasteiger charge is 2.68. The van der Waals surface area contributed by atoms with E-state index in [-0.39, 0.29) is 0 Å². The van der Waals surface area contributed by atoms with Gasteiger partial charge in [-0.2, -0.15) is 0 Å². The van der Waals surface area contributed by atoms with Crippen molar-refractivity contribution in [3.63, 3.8) is 0 Å². The molecule has 4 aliphatic rings. The summed E-state index contributed by atoms with van der Waals surface area (Å²) in [7, 11) is 0. The lowest BCUT2D eigenvalue weighted by atomic mass is 9.91. The molecule has 0 aromatic carbocycles. The summed E-state index contributed by atoms with van der Waals surface area (Å²) in [6.07, 6.45) is 14.3. The van der Waals surface area contributed by atoms with Crippen LogP contribution in [-0.4, -0.2) is 0 Å². The average molecular weight is 190 g/mol. The fourth-order valence-corrected chi connectivity index (χ4v) is 5.14. The minimum atomic E-state index is 0.921. The molecule has 78 valence electrons. The molecule has 4 fully saturated rings. The molecule has 0 heterocycles. The van der Waals surface area contributed by atoms with E-state index in [1.54, 1.807) is 44.9 Å². The monoisotopic (exact) mass is 190 g/mol. The van der Waals surface area contributed by atoms with Crippen molar-refractivity contribution in [2.24, 2.45) is 29.1 Å². The lowest BCUT2D eigenvalue weighted by Gasteiger charge is -2.14. The quantitative estimate of drug-likeness (QED) is 0.541. The molecule has 2 unspecified atom stereocenters. The lowest BCUT2D eigenvalue weighted by molar-refractivity contribution is 0.366. The van der Waals surface area contributed by atoms with Crippen molar-refractivity contribution in [2.45, 2.75) is 57.8 Å². The molecule has 4 rings (SSSR count). The molecule has 0 aromatic rings. The van der Waals surface area contributed by atoms with Crippen molar-refractivity contribution >= 4 is 0 Å². The summed E-state index contributed by atoms with van der Waals surface area (Å²) in [5, 5.41) is 0. The van der Waals surface area contributed by atoms with Crippen LogP contribution in [0.2, 0.25) is 0 Å². The molecule has 1 spiro atoms. The molecule has 0 bridgehead atoms. The van der Waals surface area contributed by atoms with Gasteiger partial charge in [-0.1, -0.05) is 25.7 Å².